The summed E-state index contributed by atoms with van der Waals surface area (Å²) in [6.45, 7) is 0. The van der Waals surface area contributed by atoms with Gasteiger partial charge in [-0.1, -0.05) is 46.4 Å². The van der Waals surface area contributed by atoms with E-state index in [1.807, 2.05) is 0 Å². The van der Waals surface area contributed by atoms with Crippen LogP contribution in [0.3, 0.4) is 0 Å². The SMILES string of the molecule is ClC(Cl)Cl.FC(F)=CCl. The van der Waals surface area contributed by atoms with Crippen LogP contribution in [0.1, 0.15) is 0 Å². The van der Waals surface area contributed by atoms with Crippen LogP contribution in [-0.4, -0.2) is 4.30 Å². The molecule has 6 heteroatoms. The molecule has 0 aromatic carbocycles. The van der Waals surface area contributed by atoms with Gasteiger partial charge in [0.05, 0.1) is 5.54 Å². The lowest BCUT2D eigenvalue weighted by molar-refractivity contribution is 0.424. The standard InChI is InChI=1S/C2HClF2.CHCl3/c3-1-2(4)5;2-1(3)4/h1H;1H. The van der Waals surface area contributed by atoms with Gasteiger partial charge >= 0.3 is 0 Å². The maximum Gasteiger partial charge on any atom is 0.281 e. The van der Waals surface area contributed by atoms with Crippen molar-refractivity contribution in [1.82, 2.24) is 0 Å². The molecule has 0 aliphatic rings. The van der Waals surface area contributed by atoms with Gasteiger partial charge in [-0.05, 0) is 0 Å². The summed E-state index contributed by atoms with van der Waals surface area (Å²) in [4.78, 5) is 0. The molecule has 0 bridgehead atoms. The minimum atomic E-state index is -1.85. The van der Waals surface area contributed by atoms with E-state index in [1.54, 1.807) is 0 Å². The zero-order chi connectivity index (χ0) is 7.86. The monoisotopic (exact) mass is 216 g/mol. The van der Waals surface area contributed by atoms with E-state index in [1.165, 1.54) is 0 Å². The van der Waals surface area contributed by atoms with Crippen molar-refractivity contribution in [2.75, 3.05) is 0 Å². The summed E-state index contributed by atoms with van der Waals surface area (Å²) < 4.78 is 20.2. The van der Waals surface area contributed by atoms with Gasteiger partial charge in [0.15, 0.2) is 4.30 Å². The summed E-state index contributed by atoms with van der Waals surface area (Å²) in [6.07, 6.45) is -1.85. The van der Waals surface area contributed by atoms with Gasteiger partial charge in [0.2, 0.25) is 0 Å². The highest BCUT2D eigenvalue weighted by atomic mass is 35.6. The van der Waals surface area contributed by atoms with E-state index in [0.717, 1.165) is 0 Å². The lowest BCUT2D eigenvalue weighted by Gasteiger charge is -1.69. The average Bonchev–Trinajstić information content (AvgIpc) is 1.65. The molecule has 0 atom stereocenters. The number of hydrogen-bond donors (Lipinski definition) is 0. The largest absolute Gasteiger partial charge is 0.281 e. The Bertz CT molecular complexity index is 75.1. The minimum Gasteiger partial charge on any atom is -0.172 e. The van der Waals surface area contributed by atoms with Crippen molar-refractivity contribution in [2.24, 2.45) is 0 Å². The molecule has 0 radical (unpaired) electrons. The normalized spacial score (nSPS) is 7.89. The summed E-state index contributed by atoms with van der Waals surface area (Å²) in [7, 11) is 0. The van der Waals surface area contributed by atoms with Crippen molar-refractivity contribution in [2.45, 2.75) is 4.30 Å². The molecule has 0 saturated carbocycles. The van der Waals surface area contributed by atoms with Crippen LogP contribution in [0.2, 0.25) is 0 Å². The molecule has 0 aliphatic carbocycles. The Hall–Kier alpha value is 0.760. The Morgan fingerprint density at radius 2 is 1.33 bits per heavy atom. The quantitative estimate of drug-likeness (QED) is 0.539. The van der Waals surface area contributed by atoms with Gasteiger partial charge in [-0.15, -0.1) is 0 Å². The van der Waals surface area contributed by atoms with Crippen LogP contribution in [0, 0.1) is 0 Å². The highest BCUT2D eigenvalue weighted by Crippen LogP contribution is 2.03. The van der Waals surface area contributed by atoms with Crippen LogP contribution in [0.25, 0.3) is 0 Å². The smallest absolute Gasteiger partial charge is 0.172 e. The van der Waals surface area contributed by atoms with E-state index >= 15 is 0 Å². The molecular formula is C3H2Cl4F2. The summed E-state index contributed by atoms with van der Waals surface area (Å²) in [5.41, 5.74) is 0.222. The first-order valence-corrected chi connectivity index (χ1v) is 3.29. The Morgan fingerprint density at radius 1 is 1.22 bits per heavy atom. The van der Waals surface area contributed by atoms with Crippen molar-refractivity contribution in [3.63, 3.8) is 0 Å². The molecule has 0 aliphatic heterocycles. The van der Waals surface area contributed by atoms with E-state index in [0.29, 0.717) is 0 Å². The Morgan fingerprint density at radius 3 is 1.33 bits per heavy atom. The van der Waals surface area contributed by atoms with Gasteiger partial charge < -0.3 is 0 Å². The molecule has 0 unspecified atom stereocenters. The molecule has 0 N–H and O–H groups in total. The van der Waals surface area contributed by atoms with Crippen molar-refractivity contribution in [1.29, 1.82) is 0 Å². The number of alkyl halides is 3. The molecule has 0 aromatic heterocycles. The molecule has 0 aromatic rings. The molecule has 9 heavy (non-hydrogen) atoms. The van der Waals surface area contributed by atoms with Gasteiger partial charge in [-0.25, -0.2) is 0 Å². The third-order valence-corrected chi connectivity index (χ3v) is 0.247. The molecular weight excluding hydrogens is 216 g/mol. The number of halogens is 6. The van der Waals surface area contributed by atoms with Gasteiger partial charge in [0.25, 0.3) is 6.08 Å². The van der Waals surface area contributed by atoms with Crippen LogP contribution in [0.5, 0.6) is 0 Å². The van der Waals surface area contributed by atoms with Crippen molar-refractivity contribution in [3.8, 4) is 0 Å². The third-order valence-electron chi connectivity index (χ3n) is 0.0825. The fraction of sp³-hybridized carbons (Fsp3) is 0.333. The van der Waals surface area contributed by atoms with E-state index in [2.05, 4.69) is 11.6 Å². The molecule has 0 spiro atoms. The summed E-state index contributed by atoms with van der Waals surface area (Å²) >= 11 is 18.8. The van der Waals surface area contributed by atoms with Crippen LogP contribution in [0.4, 0.5) is 8.78 Å². The molecule has 0 rings (SSSR count). The zero-order valence-corrected chi connectivity index (χ0v) is 6.95. The van der Waals surface area contributed by atoms with Crippen LogP contribution in [-0.2, 0) is 0 Å². The third kappa shape index (κ3) is 52.6. The second-order valence-electron chi connectivity index (χ2n) is 0.646. The number of rotatable bonds is 0. The van der Waals surface area contributed by atoms with Crippen LogP contribution in [0.15, 0.2) is 11.6 Å². The fourth-order valence-corrected chi connectivity index (χ4v) is 0. The maximum atomic E-state index is 10.5. The molecule has 0 nitrogen and oxygen atoms in total. The predicted octanol–water partition coefficient (Wildman–Crippen LogP) is 3.95. The molecule has 0 heterocycles. The first kappa shape index (κ1) is 12.4. The minimum absolute atomic E-state index is 0.222. The first-order chi connectivity index (χ1) is 4.00. The van der Waals surface area contributed by atoms with Gasteiger partial charge in [0.1, 0.15) is 0 Å². The first-order valence-electron chi connectivity index (χ1n) is 1.54. The Balaban J connectivity index is 0. The Kier molecular flexibility index (Phi) is 12.1. The van der Waals surface area contributed by atoms with Crippen LogP contribution >= 0.6 is 46.4 Å². The lowest BCUT2D eigenvalue weighted by atomic mass is 11.1. The van der Waals surface area contributed by atoms with E-state index < -0.39 is 10.4 Å². The zero-order valence-electron chi connectivity index (χ0n) is 3.92. The molecule has 0 fully saturated rings. The van der Waals surface area contributed by atoms with E-state index in [4.69, 9.17) is 34.8 Å². The van der Waals surface area contributed by atoms with Gasteiger partial charge in [-0.2, -0.15) is 8.78 Å². The fourth-order valence-electron chi connectivity index (χ4n) is 0. The van der Waals surface area contributed by atoms with Gasteiger partial charge in [0, 0.05) is 0 Å². The second-order valence-corrected chi connectivity index (χ2v) is 2.84. The van der Waals surface area contributed by atoms with Crippen molar-refractivity contribution >= 4 is 46.4 Å². The maximum absolute atomic E-state index is 10.5. The van der Waals surface area contributed by atoms with Crippen molar-refractivity contribution < 1.29 is 8.78 Å². The summed E-state index contributed by atoms with van der Waals surface area (Å²) in [5, 5.41) is 0. The predicted molar refractivity (Wildman–Crippen MR) is 37.5 cm³/mol. The van der Waals surface area contributed by atoms with Gasteiger partial charge in [-0.3, -0.25) is 0 Å². The summed E-state index contributed by atoms with van der Waals surface area (Å²) in [5.74, 6) is 0. The highest BCUT2D eigenvalue weighted by molar-refractivity contribution is 6.63. The molecule has 56 valence electrons. The topological polar surface area (TPSA) is 0 Å². The molecule has 0 amide bonds. The number of hydrogen-bond acceptors (Lipinski definition) is 0. The average molecular weight is 218 g/mol. The van der Waals surface area contributed by atoms with Crippen molar-refractivity contribution in [3.05, 3.63) is 11.6 Å². The lowest BCUT2D eigenvalue weighted by Crippen LogP contribution is -1.55. The highest BCUT2D eigenvalue weighted by Gasteiger charge is 1.79. The Labute approximate surface area is 71.3 Å². The van der Waals surface area contributed by atoms with E-state index in [-0.39, 0.29) is 5.54 Å². The summed E-state index contributed by atoms with van der Waals surface area (Å²) in [6, 6.07) is 0. The van der Waals surface area contributed by atoms with E-state index in [9.17, 15) is 8.78 Å². The molecule has 0 saturated heterocycles. The van der Waals surface area contributed by atoms with Crippen LogP contribution < -0.4 is 0 Å². The second kappa shape index (κ2) is 8.76.